The van der Waals surface area contributed by atoms with E-state index < -0.39 is 15.9 Å². The molecule has 2 aromatic rings. The second-order valence-electron chi connectivity index (χ2n) is 5.63. The Morgan fingerprint density at radius 2 is 1.80 bits per heavy atom. The van der Waals surface area contributed by atoms with Crippen molar-refractivity contribution >= 4 is 15.9 Å². The third-order valence-corrected chi connectivity index (χ3v) is 4.83. The molecule has 8 heteroatoms. The van der Waals surface area contributed by atoms with Crippen LogP contribution in [0.15, 0.2) is 46.1 Å². The van der Waals surface area contributed by atoms with Crippen LogP contribution < -0.4 is 16.0 Å². The molecule has 1 aromatic heterocycles. The van der Waals surface area contributed by atoms with Gasteiger partial charge in [-0.15, -0.1) is 0 Å². The molecular formula is C17H21N3O4S. The minimum Gasteiger partial charge on any atom is -0.352 e. The molecule has 1 amide bonds. The molecule has 0 bridgehead atoms. The summed E-state index contributed by atoms with van der Waals surface area (Å²) in [6.07, 6.45) is 0.504. The van der Waals surface area contributed by atoms with Crippen LogP contribution in [0.1, 0.15) is 28.5 Å². The molecule has 0 aliphatic carbocycles. The predicted molar refractivity (Wildman–Crippen MR) is 95.0 cm³/mol. The van der Waals surface area contributed by atoms with E-state index in [2.05, 4.69) is 5.32 Å². The van der Waals surface area contributed by atoms with Crippen LogP contribution in [0.3, 0.4) is 0 Å². The second-order valence-corrected chi connectivity index (χ2v) is 7.19. The first kappa shape index (κ1) is 18.9. The van der Waals surface area contributed by atoms with Gasteiger partial charge in [0.15, 0.2) is 0 Å². The molecule has 134 valence electrons. The van der Waals surface area contributed by atoms with Crippen LogP contribution >= 0.6 is 0 Å². The lowest BCUT2D eigenvalue weighted by Crippen LogP contribution is -2.34. The molecule has 0 saturated carbocycles. The fourth-order valence-corrected chi connectivity index (χ4v) is 3.01. The Hall–Kier alpha value is -2.45. The van der Waals surface area contributed by atoms with Gasteiger partial charge in [-0.2, -0.15) is 0 Å². The highest BCUT2D eigenvalue weighted by molar-refractivity contribution is 7.89. The molecule has 0 aliphatic rings. The molecule has 3 N–H and O–H groups in total. The van der Waals surface area contributed by atoms with Crippen molar-refractivity contribution in [2.45, 2.75) is 31.7 Å². The van der Waals surface area contributed by atoms with Gasteiger partial charge in [0.25, 0.3) is 11.5 Å². The number of nitrogens with zero attached hydrogens (tertiary/aromatic N) is 1. The molecule has 0 spiro atoms. The Bertz CT molecular complexity index is 931. The Labute approximate surface area is 146 Å². The maximum absolute atomic E-state index is 12.3. The van der Waals surface area contributed by atoms with Crippen LogP contribution in [-0.4, -0.2) is 25.4 Å². The number of benzene rings is 1. The summed E-state index contributed by atoms with van der Waals surface area (Å²) in [6, 6.07) is 9.40. The van der Waals surface area contributed by atoms with Crippen molar-refractivity contribution < 1.29 is 13.2 Å². The van der Waals surface area contributed by atoms with Crippen LogP contribution in [0.25, 0.3) is 0 Å². The van der Waals surface area contributed by atoms with Crippen molar-refractivity contribution in [2.24, 2.45) is 5.14 Å². The number of nitrogens with one attached hydrogen (secondary N) is 1. The molecule has 1 aromatic carbocycles. The summed E-state index contributed by atoms with van der Waals surface area (Å²) in [5, 5.41) is 7.75. The zero-order valence-corrected chi connectivity index (χ0v) is 15.0. The van der Waals surface area contributed by atoms with E-state index in [1.165, 1.54) is 18.2 Å². The monoisotopic (exact) mass is 363 g/mol. The van der Waals surface area contributed by atoms with E-state index in [9.17, 15) is 18.0 Å². The summed E-state index contributed by atoms with van der Waals surface area (Å²) >= 11 is 0. The van der Waals surface area contributed by atoms with Gasteiger partial charge in [-0.3, -0.25) is 9.59 Å². The molecule has 0 fully saturated rings. The van der Waals surface area contributed by atoms with Gasteiger partial charge in [0.05, 0.1) is 4.90 Å². The van der Waals surface area contributed by atoms with Gasteiger partial charge in [0.2, 0.25) is 10.0 Å². The summed E-state index contributed by atoms with van der Waals surface area (Å²) in [4.78, 5) is 24.5. The highest BCUT2D eigenvalue weighted by atomic mass is 32.2. The van der Waals surface area contributed by atoms with Gasteiger partial charge < -0.3 is 9.88 Å². The van der Waals surface area contributed by atoms with Crippen LogP contribution in [0.2, 0.25) is 0 Å². The summed E-state index contributed by atoms with van der Waals surface area (Å²) < 4.78 is 23.9. The summed E-state index contributed by atoms with van der Waals surface area (Å²) in [7, 11) is -3.71. The zero-order chi connectivity index (χ0) is 18.6. The zero-order valence-electron chi connectivity index (χ0n) is 14.2. The fraction of sp³-hybridized carbons (Fsp3) is 0.294. The summed E-state index contributed by atoms with van der Waals surface area (Å²) in [5.41, 5.74) is 1.45. The van der Waals surface area contributed by atoms with Crippen molar-refractivity contribution in [1.29, 1.82) is 0 Å². The van der Waals surface area contributed by atoms with Crippen LogP contribution in [0, 0.1) is 6.92 Å². The molecular weight excluding hydrogens is 342 g/mol. The lowest BCUT2D eigenvalue weighted by molar-refractivity contribution is 0.0952. The van der Waals surface area contributed by atoms with Crippen LogP contribution in [0.5, 0.6) is 0 Å². The van der Waals surface area contributed by atoms with E-state index in [1.807, 2.05) is 13.8 Å². The first-order chi connectivity index (χ1) is 11.7. The molecule has 0 radical (unpaired) electrons. The third-order valence-electron chi connectivity index (χ3n) is 3.90. The normalized spacial score (nSPS) is 11.3. The SMILES string of the molecule is CCn1c(C)ccc(C(=O)NCCc2ccc(S(N)(=O)=O)cc2)c1=O. The van der Waals surface area contributed by atoms with E-state index in [-0.39, 0.29) is 16.0 Å². The van der Waals surface area contributed by atoms with Crippen LogP contribution in [0.4, 0.5) is 0 Å². The highest BCUT2D eigenvalue weighted by Crippen LogP contribution is 2.09. The van der Waals surface area contributed by atoms with E-state index in [0.29, 0.717) is 19.5 Å². The predicted octanol–water partition coefficient (Wildman–Crippen LogP) is 0.797. The van der Waals surface area contributed by atoms with E-state index >= 15 is 0 Å². The number of hydrogen-bond donors (Lipinski definition) is 2. The van der Waals surface area contributed by atoms with E-state index in [0.717, 1.165) is 11.3 Å². The summed E-state index contributed by atoms with van der Waals surface area (Å²) in [6.45, 7) is 4.49. The molecule has 0 atom stereocenters. The molecule has 0 saturated heterocycles. The van der Waals surface area contributed by atoms with Crippen molar-refractivity contribution in [2.75, 3.05) is 6.54 Å². The van der Waals surface area contributed by atoms with Gasteiger partial charge >= 0.3 is 0 Å². The van der Waals surface area contributed by atoms with Gasteiger partial charge in [0.1, 0.15) is 5.56 Å². The van der Waals surface area contributed by atoms with Crippen molar-refractivity contribution in [1.82, 2.24) is 9.88 Å². The number of sulfonamides is 1. The number of amides is 1. The number of pyridine rings is 1. The smallest absolute Gasteiger partial charge is 0.263 e. The first-order valence-corrected chi connectivity index (χ1v) is 9.39. The Morgan fingerprint density at radius 1 is 1.16 bits per heavy atom. The van der Waals surface area contributed by atoms with Crippen LogP contribution in [-0.2, 0) is 23.0 Å². The number of rotatable bonds is 6. The molecule has 2 rings (SSSR count). The largest absolute Gasteiger partial charge is 0.352 e. The number of carbonyl (C=O) groups is 1. The Kier molecular flexibility index (Phi) is 5.76. The third kappa shape index (κ3) is 4.55. The van der Waals surface area contributed by atoms with Gasteiger partial charge in [0, 0.05) is 18.8 Å². The van der Waals surface area contributed by atoms with Crippen molar-refractivity contribution in [3.05, 3.63) is 63.6 Å². The number of primary sulfonamides is 1. The average molecular weight is 363 g/mol. The maximum Gasteiger partial charge on any atom is 0.263 e. The number of hydrogen-bond acceptors (Lipinski definition) is 4. The lowest BCUT2D eigenvalue weighted by atomic mass is 10.1. The van der Waals surface area contributed by atoms with Crippen molar-refractivity contribution in [3.63, 3.8) is 0 Å². The topological polar surface area (TPSA) is 111 Å². The fourth-order valence-electron chi connectivity index (χ4n) is 2.50. The van der Waals surface area contributed by atoms with E-state index in [1.54, 1.807) is 22.8 Å². The standard InChI is InChI=1S/C17H21N3O4S/c1-3-20-12(2)4-9-15(17(20)22)16(21)19-11-10-13-5-7-14(8-6-13)25(18,23)24/h4-9H,3,10-11H2,1-2H3,(H,19,21)(H2,18,23,24). The molecule has 0 unspecified atom stereocenters. The molecule has 0 aliphatic heterocycles. The van der Waals surface area contributed by atoms with Gasteiger partial charge in [-0.05, 0) is 50.1 Å². The lowest BCUT2D eigenvalue weighted by Gasteiger charge is -2.10. The minimum atomic E-state index is -3.71. The van der Waals surface area contributed by atoms with Gasteiger partial charge in [-0.1, -0.05) is 12.1 Å². The molecule has 25 heavy (non-hydrogen) atoms. The number of nitrogens with two attached hydrogens (primary N) is 1. The quantitative estimate of drug-likeness (QED) is 0.790. The summed E-state index contributed by atoms with van der Waals surface area (Å²) in [5.74, 6) is -0.423. The Balaban J connectivity index is 2.01. The molecule has 1 heterocycles. The first-order valence-electron chi connectivity index (χ1n) is 7.84. The maximum atomic E-state index is 12.3. The second kappa shape index (κ2) is 7.62. The van der Waals surface area contributed by atoms with E-state index in [4.69, 9.17) is 5.14 Å². The number of aryl methyl sites for hydroxylation is 1. The minimum absolute atomic E-state index is 0.0417. The number of carbonyl (C=O) groups excluding carboxylic acids is 1. The Morgan fingerprint density at radius 3 is 2.36 bits per heavy atom. The molecule has 7 nitrogen and oxygen atoms in total. The van der Waals surface area contributed by atoms with Gasteiger partial charge in [-0.25, -0.2) is 13.6 Å². The number of aromatic nitrogens is 1. The van der Waals surface area contributed by atoms with Crippen molar-refractivity contribution in [3.8, 4) is 0 Å². The highest BCUT2D eigenvalue weighted by Gasteiger charge is 2.13. The average Bonchev–Trinajstić information content (AvgIpc) is 2.55.